The SMILES string of the molecule is CC(NCCc1cccs1)(C(=O)[O-])c1ccccc1Cl.Cl. The van der Waals surface area contributed by atoms with Crippen LogP contribution in [0.2, 0.25) is 5.02 Å². The van der Waals surface area contributed by atoms with Crippen molar-refractivity contribution in [3.8, 4) is 0 Å². The summed E-state index contributed by atoms with van der Waals surface area (Å²) in [6.45, 7) is 2.12. The monoisotopic (exact) mass is 344 g/mol. The molecule has 6 heteroatoms. The second-order valence-corrected chi connectivity index (χ2v) is 6.09. The zero-order chi connectivity index (χ0) is 14.6. The molecular weight excluding hydrogens is 329 g/mol. The molecule has 114 valence electrons. The number of hydrogen-bond donors (Lipinski definition) is 1. The van der Waals surface area contributed by atoms with Crippen molar-refractivity contribution >= 4 is 41.3 Å². The molecule has 2 rings (SSSR count). The van der Waals surface area contributed by atoms with Crippen LogP contribution in [0.3, 0.4) is 0 Å². The number of nitrogens with one attached hydrogen (secondary N) is 1. The van der Waals surface area contributed by atoms with Crippen LogP contribution in [0.5, 0.6) is 0 Å². The second kappa shape index (κ2) is 7.80. The molecule has 1 atom stereocenters. The molecule has 1 heterocycles. The average Bonchev–Trinajstić information content (AvgIpc) is 2.92. The molecule has 0 bridgehead atoms. The lowest BCUT2D eigenvalue weighted by Crippen LogP contribution is -2.54. The van der Waals surface area contributed by atoms with Crippen molar-refractivity contribution in [1.29, 1.82) is 0 Å². The van der Waals surface area contributed by atoms with Gasteiger partial charge in [-0.25, -0.2) is 0 Å². The summed E-state index contributed by atoms with van der Waals surface area (Å²) in [7, 11) is 0. The fraction of sp³-hybridized carbons (Fsp3) is 0.267. The molecule has 21 heavy (non-hydrogen) atoms. The van der Waals surface area contributed by atoms with E-state index in [9.17, 15) is 9.90 Å². The molecule has 0 saturated carbocycles. The van der Waals surface area contributed by atoms with E-state index < -0.39 is 11.5 Å². The predicted octanol–water partition coefficient (Wildman–Crippen LogP) is 2.62. The summed E-state index contributed by atoms with van der Waals surface area (Å²) < 4.78 is 0. The number of rotatable bonds is 6. The van der Waals surface area contributed by atoms with E-state index in [0.717, 1.165) is 6.42 Å². The maximum atomic E-state index is 11.5. The lowest BCUT2D eigenvalue weighted by molar-refractivity contribution is -0.314. The van der Waals surface area contributed by atoms with Crippen molar-refractivity contribution in [1.82, 2.24) is 5.32 Å². The van der Waals surface area contributed by atoms with Gasteiger partial charge in [-0.05, 0) is 36.4 Å². The van der Waals surface area contributed by atoms with Crippen molar-refractivity contribution in [2.45, 2.75) is 18.9 Å². The molecule has 3 nitrogen and oxygen atoms in total. The molecule has 0 radical (unpaired) electrons. The summed E-state index contributed by atoms with van der Waals surface area (Å²) in [5, 5.41) is 17.0. The first-order valence-corrected chi connectivity index (χ1v) is 7.53. The number of carboxylic acids is 1. The predicted molar refractivity (Wildman–Crippen MR) is 87.1 cm³/mol. The lowest BCUT2D eigenvalue weighted by atomic mass is 9.92. The van der Waals surface area contributed by atoms with Gasteiger partial charge in [0, 0.05) is 16.4 Å². The van der Waals surface area contributed by atoms with Crippen LogP contribution in [0.15, 0.2) is 41.8 Å². The maximum Gasteiger partial charge on any atom is 0.0822 e. The van der Waals surface area contributed by atoms with Gasteiger partial charge in [0.2, 0.25) is 0 Å². The standard InChI is InChI=1S/C15H16ClNO2S.ClH/c1-15(14(18)19,12-6-2-3-7-13(12)16)17-9-8-11-5-4-10-20-11;/h2-7,10,17H,8-9H2,1H3,(H,18,19);1H/p-1. The van der Waals surface area contributed by atoms with Crippen LogP contribution < -0.4 is 10.4 Å². The van der Waals surface area contributed by atoms with Gasteiger partial charge in [0.15, 0.2) is 0 Å². The summed E-state index contributed by atoms with van der Waals surface area (Å²) in [5.74, 6) is -1.18. The number of benzene rings is 1. The van der Waals surface area contributed by atoms with Crippen LogP contribution in [-0.4, -0.2) is 12.5 Å². The minimum atomic E-state index is -1.30. The van der Waals surface area contributed by atoms with Crippen LogP contribution >= 0.6 is 35.3 Å². The van der Waals surface area contributed by atoms with Gasteiger partial charge in [-0.3, -0.25) is 0 Å². The van der Waals surface area contributed by atoms with E-state index in [1.54, 1.807) is 42.5 Å². The first kappa shape index (κ1) is 18.0. The first-order chi connectivity index (χ1) is 9.54. The number of hydrogen-bond acceptors (Lipinski definition) is 4. The molecule has 0 aliphatic carbocycles. The maximum absolute atomic E-state index is 11.5. The Labute approximate surface area is 139 Å². The average molecular weight is 345 g/mol. The van der Waals surface area contributed by atoms with E-state index in [4.69, 9.17) is 11.6 Å². The summed E-state index contributed by atoms with van der Waals surface area (Å²) in [6, 6.07) is 10.9. The molecule has 2 aromatic rings. The van der Waals surface area contributed by atoms with Crippen LogP contribution in [-0.2, 0) is 16.8 Å². The molecule has 1 unspecified atom stereocenters. The fourth-order valence-electron chi connectivity index (χ4n) is 2.03. The fourth-order valence-corrected chi connectivity index (χ4v) is 3.07. The second-order valence-electron chi connectivity index (χ2n) is 4.65. The largest absolute Gasteiger partial charge is 0.548 e. The molecule has 1 N–H and O–H groups in total. The normalized spacial score (nSPS) is 13.2. The Bertz CT molecular complexity index is 589. The molecule has 0 amide bonds. The van der Waals surface area contributed by atoms with Crippen LogP contribution in [0.4, 0.5) is 0 Å². The number of halogens is 2. The van der Waals surface area contributed by atoms with E-state index in [0.29, 0.717) is 17.1 Å². The Hall–Kier alpha value is -1.07. The number of thiophene rings is 1. The smallest absolute Gasteiger partial charge is 0.0822 e. The van der Waals surface area contributed by atoms with Crippen molar-refractivity contribution in [2.75, 3.05) is 6.54 Å². The van der Waals surface area contributed by atoms with Gasteiger partial charge in [0.05, 0.1) is 11.5 Å². The number of carbonyl (C=O) groups is 1. The summed E-state index contributed by atoms with van der Waals surface area (Å²) in [4.78, 5) is 12.7. The molecule has 0 aliphatic heterocycles. The van der Waals surface area contributed by atoms with E-state index in [1.165, 1.54) is 4.88 Å². The van der Waals surface area contributed by atoms with E-state index in [2.05, 4.69) is 5.32 Å². The van der Waals surface area contributed by atoms with Gasteiger partial charge in [-0.2, -0.15) is 0 Å². The van der Waals surface area contributed by atoms with Gasteiger partial charge in [0.25, 0.3) is 0 Å². The van der Waals surface area contributed by atoms with E-state index in [1.807, 2.05) is 17.5 Å². The summed E-state index contributed by atoms with van der Waals surface area (Å²) in [6.07, 6.45) is 0.769. The van der Waals surface area contributed by atoms with Gasteiger partial charge in [0.1, 0.15) is 0 Å². The number of carbonyl (C=O) groups excluding carboxylic acids is 1. The number of aliphatic carboxylic acids is 1. The highest BCUT2D eigenvalue weighted by molar-refractivity contribution is 7.09. The topological polar surface area (TPSA) is 52.2 Å². The van der Waals surface area contributed by atoms with Crippen molar-refractivity contribution in [3.05, 3.63) is 57.2 Å². The van der Waals surface area contributed by atoms with Gasteiger partial charge in [-0.15, -0.1) is 23.7 Å². The molecule has 1 aromatic carbocycles. The van der Waals surface area contributed by atoms with Crippen molar-refractivity contribution < 1.29 is 9.90 Å². The zero-order valence-corrected chi connectivity index (χ0v) is 13.9. The highest BCUT2D eigenvalue weighted by Gasteiger charge is 2.29. The van der Waals surface area contributed by atoms with Crippen molar-refractivity contribution in [2.24, 2.45) is 0 Å². The molecule has 0 spiro atoms. The molecule has 1 aromatic heterocycles. The zero-order valence-electron chi connectivity index (χ0n) is 11.5. The molecule has 0 fully saturated rings. The Morgan fingerprint density at radius 3 is 2.62 bits per heavy atom. The van der Waals surface area contributed by atoms with Gasteiger partial charge < -0.3 is 15.2 Å². The minimum absolute atomic E-state index is 0. The van der Waals surface area contributed by atoms with E-state index in [-0.39, 0.29) is 12.4 Å². The number of carboxylic acid groups (broad SMARTS) is 1. The summed E-state index contributed by atoms with van der Waals surface area (Å²) in [5.41, 5.74) is -0.775. The van der Waals surface area contributed by atoms with E-state index >= 15 is 0 Å². The Morgan fingerprint density at radius 2 is 2.05 bits per heavy atom. The van der Waals surface area contributed by atoms with Crippen LogP contribution in [0.1, 0.15) is 17.4 Å². The van der Waals surface area contributed by atoms with Gasteiger partial charge >= 0.3 is 0 Å². The molecular formula is C15H16Cl2NO2S-. The highest BCUT2D eigenvalue weighted by Crippen LogP contribution is 2.27. The molecule has 0 saturated heterocycles. The first-order valence-electron chi connectivity index (χ1n) is 6.28. The highest BCUT2D eigenvalue weighted by atomic mass is 35.5. The Balaban J connectivity index is 0.00000220. The quantitative estimate of drug-likeness (QED) is 0.876. The Kier molecular flexibility index (Phi) is 6.68. The Morgan fingerprint density at radius 1 is 1.33 bits per heavy atom. The van der Waals surface area contributed by atoms with Crippen LogP contribution in [0, 0.1) is 0 Å². The lowest BCUT2D eigenvalue weighted by Gasteiger charge is -2.33. The minimum Gasteiger partial charge on any atom is -0.548 e. The third-order valence-corrected chi connectivity index (χ3v) is 4.52. The van der Waals surface area contributed by atoms with Gasteiger partial charge in [-0.1, -0.05) is 35.9 Å². The third-order valence-electron chi connectivity index (χ3n) is 3.25. The molecule has 0 aliphatic rings. The third kappa shape index (κ3) is 4.20. The van der Waals surface area contributed by atoms with Crippen molar-refractivity contribution in [3.63, 3.8) is 0 Å². The summed E-state index contributed by atoms with van der Waals surface area (Å²) >= 11 is 7.75. The van der Waals surface area contributed by atoms with Crippen LogP contribution in [0.25, 0.3) is 0 Å².